The molecule has 0 saturated carbocycles. The van der Waals surface area contributed by atoms with E-state index in [1.165, 1.54) is 0 Å². The van der Waals surface area contributed by atoms with Gasteiger partial charge in [-0.15, -0.1) is 0 Å². The van der Waals surface area contributed by atoms with Gasteiger partial charge >= 0.3 is 0 Å². The Morgan fingerprint density at radius 2 is 2.21 bits per heavy atom. The number of aryl methyl sites for hydroxylation is 1. The summed E-state index contributed by atoms with van der Waals surface area (Å²) in [5.41, 5.74) is 1.67. The maximum atomic E-state index is 11.5. The van der Waals surface area contributed by atoms with Crippen LogP contribution in [0.15, 0.2) is 10.7 Å². The summed E-state index contributed by atoms with van der Waals surface area (Å²) in [6.45, 7) is 7.56. The molecule has 4 nitrogen and oxygen atoms in total. The first-order chi connectivity index (χ1) is 6.41. The molecule has 0 radical (unpaired) electrons. The number of hydrogen-bond acceptors (Lipinski definition) is 2. The molecule has 1 aromatic rings. The smallest absolute Gasteiger partial charge is 0.144 e. The molecule has 0 bridgehead atoms. The molecule has 1 heterocycles. The van der Waals surface area contributed by atoms with Crippen molar-refractivity contribution in [2.24, 2.45) is 4.40 Å². The van der Waals surface area contributed by atoms with Gasteiger partial charge in [0, 0.05) is 5.69 Å². The zero-order valence-corrected chi connectivity index (χ0v) is 9.68. The number of rotatable bonds is 2. The summed E-state index contributed by atoms with van der Waals surface area (Å²) >= 11 is 0. The quantitative estimate of drug-likeness (QED) is 0.759. The van der Waals surface area contributed by atoms with Gasteiger partial charge in [0.2, 0.25) is 0 Å². The standard InChI is InChI=1S/C9H15N3OS/c1-7-8(11-6-10-7)5-12-14(13)9(2,3)4/h5-6H,1-4H3,(H,10,11)/b12-5+. The molecule has 1 unspecified atom stereocenters. The van der Waals surface area contributed by atoms with E-state index < -0.39 is 11.0 Å². The second-order valence-electron chi connectivity index (χ2n) is 4.01. The number of aromatic amines is 1. The van der Waals surface area contributed by atoms with Crippen molar-refractivity contribution < 1.29 is 4.21 Å². The van der Waals surface area contributed by atoms with E-state index in [-0.39, 0.29) is 4.75 Å². The van der Waals surface area contributed by atoms with Crippen molar-refractivity contribution in [2.45, 2.75) is 32.4 Å². The van der Waals surface area contributed by atoms with Crippen LogP contribution in [0.25, 0.3) is 0 Å². The summed E-state index contributed by atoms with van der Waals surface area (Å²) in [4.78, 5) is 6.96. The highest BCUT2D eigenvalue weighted by Crippen LogP contribution is 2.12. The van der Waals surface area contributed by atoms with Crippen molar-refractivity contribution in [2.75, 3.05) is 0 Å². The summed E-state index contributed by atoms with van der Waals surface area (Å²) in [6, 6.07) is 0. The Bertz CT molecular complexity index is 362. The molecule has 5 heteroatoms. The topological polar surface area (TPSA) is 58.1 Å². The van der Waals surface area contributed by atoms with Gasteiger partial charge in [-0.2, -0.15) is 4.40 Å². The van der Waals surface area contributed by atoms with Crippen LogP contribution in [-0.2, 0) is 11.0 Å². The zero-order valence-electron chi connectivity index (χ0n) is 8.87. The second kappa shape index (κ2) is 4.04. The molecule has 0 saturated heterocycles. The van der Waals surface area contributed by atoms with Crippen LogP contribution in [0.1, 0.15) is 32.2 Å². The highest BCUT2D eigenvalue weighted by Gasteiger charge is 2.18. The van der Waals surface area contributed by atoms with Gasteiger partial charge in [0.1, 0.15) is 16.7 Å². The molecule has 0 aliphatic heterocycles. The molecule has 0 aliphatic carbocycles. The average Bonchev–Trinajstić information content (AvgIpc) is 2.45. The van der Waals surface area contributed by atoms with Gasteiger partial charge in [-0.1, -0.05) is 0 Å². The van der Waals surface area contributed by atoms with Crippen molar-refractivity contribution in [1.82, 2.24) is 9.97 Å². The number of nitrogens with one attached hydrogen (secondary N) is 1. The fourth-order valence-electron chi connectivity index (χ4n) is 0.755. The minimum Gasteiger partial charge on any atom is -0.348 e. The number of H-pyrrole nitrogens is 1. The number of imidazole rings is 1. The third-order valence-corrected chi connectivity index (χ3v) is 3.01. The third-order valence-electron chi connectivity index (χ3n) is 1.66. The molecule has 14 heavy (non-hydrogen) atoms. The van der Waals surface area contributed by atoms with Crippen molar-refractivity contribution >= 4 is 17.2 Å². The minimum absolute atomic E-state index is 0.319. The van der Waals surface area contributed by atoms with E-state index in [2.05, 4.69) is 14.4 Å². The monoisotopic (exact) mass is 213 g/mol. The normalized spacial score (nSPS) is 14.9. The Morgan fingerprint density at radius 1 is 1.57 bits per heavy atom. The van der Waals surface area contributed by atoms with Gasteiger partial charge in [0.25, 0.3) is 0 Å². The SMILES string of the molecule is Cc1[nH]cnc1/C=N/S(=O)C(C)(C)C. The summed E-state index contributed by atoms with van der Waals surface area (Å²) in [5, 5.41) is 0. The van der Waals surface area contributed by atoms with E-state index in [0.717, 1.165) is 11.4 Å². The molecule has 1 atom stereocenters. The first-order valence-electron chi connectivity index (χ1n) is 4.37. The van der Waals surface area contributed by atoms with Crippen LogP contribution in [-0.4, -0.2) is 25.1 Å². The fourth-order valence-corrected chi connectivity index (χ4v) is 1.27. The van der Waals surface area contributed by atoms with Crippen LogP contribution >= 0.6 is 0 Å². The van der Waals surface area contributed by atoms with E-state index in [0.29, 0.717) is 0 Å². The molecule has 1 N–H and O–H groups in total. The number of nitrogens with zero attached hydrogens (tertiary/aromatic N) is 2. The Morgan fingerprint density at radius 3 is 2.64 bits per heavy atom. The Balaban J connectivity index is 2.75. The Labute approximate surface area is 86.5 Å². The molecule has 0 aromatic carbocycles. The first-order valence-corrected chi connectivity index (χ1v) is 5.48. The summed E-state index contributed by atoms with van der Waals surface area (Å²) < 4.78 is 15.2. The minimum atomic E-state index is -1.21. The van der Waals surface area contributed by atoms with Gasteiger partial charge < -0.3 is 4.98 Å². The average molecular weight is 213 g/mol. The van der Waals surface area contributed by atoms with E-state index in [1.807, 2.05) is 27.7 Å². The predicted molar refractivity (Wildman–Crippen MR) is 58.8 cm³/mol. The van der Waals surface area contributed by atoms with Gasteiger partial charge in [-0.25, -0.2) is 9.19 Å². The van der Waals surface area contributed by atoms with E-state index in [9.17, 15) is 4.21 Å². The van der Waals surface area contributed by atoms with Crippen LogP contribution in [0.4, 0.5) is 0 Å². The van der Waals surface area contributed by atoms with Crippen LogP contribution in [0.2, 0.25) is 0 Å². The van der Waals surface area contributed by atoms with Gasteiger partial charge in [-0.3, -0.25) is 0 Å². The lowest BCUT2D eigenvalue weighted by molar-refractivity contribution is 0.651. The van der Waals surface area contributed by atoms with Gasteiger partial charge in [0.05, 0.1) is 17.3 Å². The van der Waals surface area contributed by atoms with Crippen LogP contribution in [0, 0.1) is 6.92 Å². The van der Waals surface area contributed by atoms with Crippen LogP contribution in [0.5, 0.6) is 0 Å². The maximum absolute atomic E-state index is 11.5. The predicted octanol–water partition coefficient (Wildman–Crippen LogP) is 1.60. The highest BCUT2D eigenvalue weighted by molar-refractivity contribution is 7.85. The molecular weight excluding hydrogens is 198 g/mol. The van der Waals surface area contributed by atoms with Crippen molar-refractivity contribution in [3.63, 3.8) is 0 Å². The number of aromatic nitrogens is 2. The van der Waals surface area contributed by atoms with Crippen molar-refractivity contribution in [3.8, 4) is 0 Å². The van der Waals surface area contributed by atoms with Gasteiger partial charge in [0.15, 0.2) is 0 Å². The maximum Gasteiger partial charge on any atom is 0.144 e. The lowest BCUT2D eigenvalue weighted by Crippen LogP contribution is -2.19. The molecule has 1 rings (SSSR count). The van der Waals surface area contributed by atoms with Gasteiger partial charge in [-0.05, 0) is 27.7 Å². The Hall–Kier alpha value is -0.970. The van der Waals surface area contributed by atoms with Crippen LogP contribution < -0.4 is 0 Å². The molecule has 1 aromatic heterocycles. The fraction of sp³-hybridized carbons (Fsp3) is 0.556. The summed E-state index contributed by atoms with van der Waals surface area (Å²) in [7, 11) is -1.21. The molecule has 0 amide bonds. The molecular formula is C9H15N3OS. The molecule has 0 spiro atoms. The third kappa shape index (κ3) is 2.77. The summed E-state index contributed by atoms with van der Waals surface area (Å²) in [6.07, 6.45) is 3.14. The van der Waals surface area contributed by atoms with E-state index in [4.69, 9.17) is 0 Å². The van der Waals surface area contributed by atoms with Crippen LogP contribution in [0.3, 0.4) is 0 Å². The molecule has 0 aliphatic rings. The van der Waals surface area contributed by atoms with Crippen molar-refractivity contribution in [1.29, 1.82) is 0 Å². The highest BCUT2D eigenvalue weighted by atomic mass is 32.2. The zero-order chi connectivity index (χ0) is 10.8. The lowest BCUT2D eigenvalue weighted by Gasteiger charge is -2.12. The molecule has 78 valence electrons. The largest absolute Gasteiger partial charge is 0.348 e. The lowest BCUT2D eigenvalue weighted by atomic mass is 10.3. The van der Waals surface area contributed by atoms with E-state index >= 15 is 0 Å². The molecule has 0 fully saturated rings. The van der Waals surface area contributed by atoms with E-state index in [1.54, 1.807) is 12.5 Å². The number of hydrogen-bond donors (Lipinski definition) is 1. The first kappa shape index (κ1) is 11.1. The Kier molecular flexibility index (Phi) is 3.21. The second-order valence-corrected chi connectivity index (χ2v) is 5.94. The summed E-state index contributed by atoms with van der Waals surface area (Å²) in [5.74, 6) is 0. The van der Waals surface area contributed by atoms with Crippen molar-refractivity contribution in [3.05, 3.63) is 17.7 Å².